The van der Waals surface area contributed by atoms with Crippen molar-refractivity contribution in [2.24, 2.45) is 5.73 Å². The van der Waals surface area contributed by atoms with E-state index in [2.05, 4.69) is 9.57 Å². The number of hydroxylamine groups is 1. The van der Waals surface area contributed by atoms with E-state index in [0.717, 1.165) is 7.11 Å². The Morgan fingerprint density at radius 2 is 1.92 bits per heavy atom. The molecule has 10 heteroatoms. The monoisotopic (exact) mass is 346 g/mol. The fraction of sp³-hybridized carbons (Fsp3) is 0.357. The quantitative estimate of drug-likeness (QED) is 0.821. The molecule has 1 aromatic carbocycles. The smallest absolute Gasteiger partial charge is 0.469 e. The third kappa shape index (κ3) is 3.32. The van der Waals surface area contributed by atoms with Crippen molar-refractivity contribution in [3.63, 3.8) is 0 Å². The maximum absolute atomic E-state index is 12.4. The summed E-state index contributed by atoms with van der Waals surface area (Å²) in [6, 6.07) is 4.37. The second-order valence-corrected chi connectivity index (χ2v) is 4.98. The van der Waals surface area contributed by atoms with Crippen molar-refractivity contribution in [3.8, 4) is 0 Å². The molecule has 130 valence electrons. The van der Waals surface area contributed by atoms with Gasteiger partial charge in [0, 0.05) is 5.92 Å². The number of fused-ring (bicyclic) bond motifs is 1. The van der Waals surface area contributed by atoms with Gasteiger partial charge in [0.25, 0.3) is 5.91 Å². The lowest BCUT2D eigenvalue weighted by molar-refractivity contribution is -0.202. The largest absolute Gasteiger partial charge is 0.493 e. The number of ether oxygens (including phenoxy) is 1. The number of nitrogens with two attached hydrogens (primary N) is 1. The molecule has 0 radical (unpaired) electrons. The van der Waals surface area contributed by atoms with Crippen molar-refractivity contribution in [3.05, 3.63) is 29.8 Å². The molecule has 0 fully saturated rings. The number of para-hydroxylation sites is 1. The number of halogens is 3. The molecule has 0 aliphatic carbocycles. The number of esters is 1. The predicted molar refractivity (Wildman–Crippen MR) is 73.4 cm³/mol. The Morgan fingerprint density at radius 3 is 2.50 bits per heavy atom. The summed E-state index contributed by atoms with van der Waals surface area (Å²) in [4.78, 5) is 38.9. The van der Waals surface area contributed by atoms with Gasteiger partial charge in [0.15, 0.2) is 0 Å². The SMILES string of the molecule is COC(=O)CC1c2ccccc2N(OC(=O)C(F)(F)F)C(=O)C1N. The Labute approximate surface area is 134 Å². The number of hydrogen-bond acceptors (Lipinski definition) is 6. The first kappa shape index (κ1) is 17.7. The van der Waals surface area contributed by atoms with E-state index in [0.29, 0.717) is 5.56 Å². The zero-order valence-corrected chi connectivity index (χ0v) is 12.4. The Kier molecular flexibility index (Phi) is 4.78. The van der Waals surface area contributed by atoms with E-state index in [4.69, 9.17) is 5.73 Å². The van der Waals surface area contributed by atoms with Gasteiger partial charge in [0.1, 0.15) is 0 Å². The molecule has 0 bridgehead atoms. The van der Waals surface area contributed by atoms with Gasteiger partial charge in [-0.25, -0.2) is 4.79 Å². The predicted octanol–water partition coefficient (Wildman–Crippen LogP) is 1.03. The molecule has 1 amide bonds. The zero-order chi connectivity index (χ0) is 18.1. The Bertz CT molecular complexity index is 677. The summed E-state index contributed by atoms with van der Waals surface area (Å²) in [6.07, 6.45) is -5.52. The Hall–Kier alpha value is -2.62. The van der Waals surface area contributed by atoms with Crippen LogP contribution in [-0.2, 0) is 24.0 Å². The first-order chi connectivity index (χ1) is 11.2. The summed E-state index contributed by atoms with van der Waals surface area (Å²) < 4.78 is 41.7. The van der Waals surface area contributed by atoms with Crippen LogP contribution in [0.3, 0.4) is 0 Å². The normalized spacial score (nSPS) is 20.4. The van der Waals surface area contributed by atoms with Gasteiger partial charge in [0.2, 0.25) is 0 Å². The van der Waals surface area contributed by atoms with E-state index in [1.54, 1.807) is 6.07 Å². The minimum absolute atomic E-state index is 0.0873. The minimum Gasteiger partial charge on any atom is -0.469 e. The number of nitrogens with zero attached hydrogens (tertiary/aromatic N) is 1. The van der Waals surface area contributed by atoms with E-state index >= 15 is 0 Å². The minimum atomic E-state index is -5.28. The highest BCUT2D eigenvalue weighted by atomic mass is 19.4. The Morgan fingerprint density at radius 1 is 1.29 bits per heavy atom. The van der Waals surface area contributed by atoms with E-state index in [-0.39, 0.29) is 17.2 Å². The van der Waals surface area contributed by atoms with Crippen LogP contribution in [-0.4, -0.2) is 37.2 Å². The topological polar surface area (TPSA) is 98.9 Å². The van der Waals surface area contributed by atoms with Crippen LogP contribution in [0.25, 0.3) is 0 Å². The van der Waals surface area contributed by atoms with Gasteiger partial charge in [-0.15, -0.1) is 5.06 Å². The molecule has 0 saturated heterocycles. The number of anilines is 1. The van der Waals surface area contributed by atoms with Crippen molar-refractivity contribution < 1.29 is 37.1 Å². The van der Waals surface area contributed by atoms with Gasteiger partial charge >= 0.3 is 18.1 Å². The van der Waals surface area contributed by atoms with Gasteiger partial charge in [-0.3, -0.25) is 9.59 Å². The van der Waals surface area contributed by atoms with Gasteiger partial charge < -0.3 is 15.3 Å². The lowest BCUT2D eigenvalue weighted by atomic mass is 9.84. The maximum atomic E-state index is 12.4. The zero-order valence-electron chi connectivity index (χ0n) is 12.4. The lowest BCUT2D eigenvalue weighted by Gasteiger charge is -2.35. The summed E-state index contributed by atoms with van der Waals surface area (Å²) in [5, 5.41) is 0.212. The fourth-order valence-electron chi connectivity index (χ4n) is 2.33. The summed E-state index contributed by atoms with van der Waals surface area (Å²) in [6.45, 7) is 0. The first-order valence-corrected chi connectivity index (χ1v) is 6.71. The van der Waals surface area contributed by atoms with Crippen molar-refractivity contribution in [1.82, 2.24) is 0 Å². The molecule has 1 aromatic rings. The number of rotatable bonds is 3. The van der Waals surface area contributed by atoms with E-state index in [1.165, 1.54) is 18.2 Å². The standard InChI is InChI=1S/C14H13F3N2O5/c1-23-10(20)6-8-7-4-2-3-5-9(7)19(12(21)11(8)18)24-13(22)14(15,16)17/h2-5,8,11H,6,18H2,1H3. The molecule has 2 atom stereocenters. The highest BCUT2D eigenvalue weighted by Crippen LogP contribution is 2.38. The van der Waals surface area contributed by atoms with Crippen molar-refractivity contribution in [2.75, 3.05) is 12.2 Å². The number of methoxy groups -OCH3 is 1. The van der Waals surface area contributed by atoms with Crippen LogP contribution in [0.1, 0.15) is 17.9 Å². The highest BCUT2D eigenvalue weighted by Gasteiger charge is 2.47. The molecule has 1 aliphatic rings. The Balaban J connectivity index is 2.41. The number of hydrogen-bond donors (Lipinski definition) is 1. The maximum Gasteiger partial charge on any atom is 0.493 e. The average molecular weight is 346 g/mol. The van der Waals surface area contributed by atoms with Gasteiger partial charge in [-0.1, -0.05) is 18.2 Å². The molecule has 0 spiro atoms. The van der Waals surface area contributed by atoms with Crippen molar-refractivity contribution in [2.45, 2.75) is 24.6 Å². The summed E-state index contributed by atoms with van der Waals surface area (Å²) in [7, 11) is 1.15. The number of carbonyl (C=O) groups excluding carboxylic acids is 3. The highest BCUT2D eigenvalue weighted by molar-refractivity contribution is 6.01. The number of alkyl halides is 3. The van der Waals surface area contributed by atoms with Crippen LogP contribution in [0.5, 0.6) is 0 Å². The number of benzene rings is 1. The van der Waals surface area contributed by atoms with Crippen LogP contribution >= 0.6 is 0 Å². The van der Waals surface area contributed by atoms with E-state index in [1.807, 2.05) is 0 Å². The van der Waals surface area contributed by atoms with Crippen LogP contribution in [0.4, 0.5) is 18.9 Å². The molecule has 0 aromatic heterocycles. The number of carbonyl (C=O) groups is 3. The summed E-state index contributed by atoms with van der Waals surface area (Å²) in [5.41, 5.74) is 5.95. The molecule has 1 aliphatic heterocycles. The van der Waals surface area contributed by atoms with Gasteiger partial charge in [0.05, 0.1) is 25.3 Å². The molecule has 2 unspecified atom stereocenters. The molecule has 1 heterocycles. The summed E-state index contributed by atoms with van der Waals surface area (Å²) >= 11 is 0. The van der Waals surface area contributed by atoms with E-state index in [9.17, 15) is 27.6 Å². The molecule has 2 rings (SSSR count). The molecule has 0 saturated carbocycles. The van der Waals surface area contributed by atoms with Gasteiger partial charge in [-0.05, 0) is 11.6 Å². The lowest BCUT2D eigenvalue weighted by Crippen LogP contribution is -2.53. The van der Waals surface area contributed by atoms with Crippen LogP contribution in [0.2, 0.25) is 0 Å². The third-order valence-electron chi connectivity index (χ3n) is 3.49. The average Bonchev–Trinajstić information content (AvgIpc) is 2.54. The number of amides is 1. The van der Waals surface area contributed by atoms with Crippen LogP contribution < -0.4 is 10.8 Å². The van der Waals surface area contributed by atoms with Crippen LogP contribution in [0, 0.1) is 0 Å². The van der Waals surface area contributed by atoms with E-state index < -0.39 is 36.0 Å². The second-order valence-electron chi connectivity index (χ2n) is 4.98. The van der Waals surface area contributed by atoms with Crippen molar-refractivity contribution >= 4 is 23.5 Å². The molecule has 7 nitrogen and oxygen atoms in total. The fourth-order valence-corrected chi connectivity index (χ4v) is 2.33. The van der Waals surface area contributed by atoms with Crippen molar-refractivity contribution in [1.29, 1.82) is 0 Å². The first-order valence-electron chi connectivity index (χ1n) is 6.71. The molecular weight excluding hydrogens is 333 g/mol. The third-order valence-corrected chi connectivity index (χ3v) is 3.49. The van der Waals surface area contributed by atoms with Crippen LogP contribution in [0.15, 0.2) is 24.3 Å². The second kappa shape index (κ2) is 6.48. The van der Waals surface area contributed by atoms with Gasteiger partial charge in [-0.2, -0.15) is 13.2 Å². The molecule has 24 heavy (non-hydrogen) atoms. The summed E-state index contributed by atoms with van der Waals surface area (Å²) in [5.74, 6) is -5.08. The molecule has 2 N–H and O–H groups in total. The molecular formula is C14H13F3N2O5.